The zero-order chi connectivity index (χ0) is 14.4. The van der Waals surface area contributed by atoms with Crippen molar-refractivity contribution in [3.63, 3.8) is 0 Å². The second kappa shape index (κ2) is 6.95. The van der Waals surface area contributed by atoms with Gasteiger partial charge in [0, 0.05) is 11.7 Å². The number of hydrogen-bond acceptors (Lipinski definition) is 4. The molecular weight excluding hydrogens is 252 g/mol. The van der Waals surface area contributed by atoms with E-state index in [-0.39, 0.29) is 17.9 Å². The molecule has 0 saturated heterocycles. The van der Waals surface area contributed by atoms with Gasteiger partial charge < -0.3 is 10.1 Å². The van der Waals surface area contributed by atoms with Gasteiger partial charge in [-0.15, -0.1) is 0 Å². The number of nitrogens with one attached hydrogen (secondary N) is 1. The van der Waals surface area contributed by atoms with Gasteiger partial charge in [0.05, 0.1) is 24.2 Å². The second-order valence-corrected chi connectivity index (χ2v) is 5.15. The van der Waals surface area contributed by atoms with Gasteiger partial charge in [-0.2, -0.15) is 5.26 Å². The predicted molar refractivity (Wildman–Crippen MR) is 77.2 cm³/mol. The van der Waals surface area contributed by atoms with Crippen LogP contribution in [0.2, 0.25) is 0 Å². The van der Waals surface area contributed by atoms with E-state index in [1.165, 1.54) is 0 Å². The van der Waals surface area contributed by atoms with E-state index in [0.29, 0.717) is 12.2 Å². The van der Waals surface area contributed by atoms with Crippen LogP contribution in [0.25, 0.3) is 0 Å². The summed E-state index contributed by atoms with van der Waals surface area (Å²) in [7, 11) is 0. The van der Waals surface area contributed by atoms with Crippen molar-refractivity contribution in [2.75, 3.05) is 11.9 Å². The van der Waals surface area contributed by atoms with Crippen LogP contribution in [0.4, 0.5) is 5.69 Å². The Morgan fingerprint density at radius 1 is 1.50 bits per heavy atom. The largest absolute Gasteiger partial charge is 0.466 e. The highest BCUT2D eigenvalue weighted by molar-refractivity contribution is 5.72. The standard InChI is InChI=1S/C16H20N2O2/c1-2-20-16(19)13-6-4-8-15(10-13)18-14-7-3-5-12(9-14)11-17/h3,5,7,9,13,15,18H,2,4,6,8,10H2,1H3. The quantitative estimate of drug-likeness (QED) is 0.855. The van der Waals surface area contributed by atoms with E-state index in [1.54, 1.807) is 6.07 Å². The minimum atomic E-state index is -0.0789. The van der Waals surface area contributed by atoms with Gasteiger partial charge in [0.1, 0.15) is 0 Å². The van der Waals surface area contributed by atoms with E-state index in [4.69, 9.17) is 10.00 Å². The van der Waals surface area contributed by atoms with Crippen molar-refractivity contribution in [3.8, 4) is 6.07 Å². The van der Waals surface area contributed by atoms with E-state index in [0.717, 1.165) is 31.4 Å². The molecule has 2 unspecified atom stereocenters. The normalized spacial score (nSPS) is 21.8. The molecular formula is C16H20N2O2. The van der Waals surface area contributed by atoms with Gasteiger partial charge in [-0.3, -0.25) is 4.79 Å². The summed E-state index contributed by atoms with van der Waals surface area (Å²) >= 11 is 0. The maximum absolute atomic E-state index is 11.8. The number of nitrogens with zero attached hydrogens (tertiary/aromatic N) is 1. The number of nitriles is 1. The van der Waals surface area contributed by atoms with Gasteiger partial charge in [0.25, 0.3) is 0 Å². The fourth-order valence-corrected chi connectivity index (χ4v) is 2.71. The highest BCUT2D eigenvalue weighted by atomic mass is 16.5. The van der Waals surface area contributed by atoms with Crippen LogP contribution in [0.15, 0.2) is 24.3 Å². The first-order chi connectivity index (χ1) is 9.72. The lowest BCUT2D eigenvalue weighted by Gasteiger charge is -2.29. The number of esters is 1. The molecule has 1 aliphatic carbocycles. The van der Waals surface area contributed by atoms with Crippen LogP contribution in [0, 0.1) is 17.2 Å². The van der Waals surface area contributed by atoms with Gasteiger partial charge in [-0.25, -0.2) is 0 Å². The molecule has 0 spiro atoms. The Kier molecular flexibility index (Phi) is 5.00. The summed E-state index contributed by atoms with van der Waals surface area (Å²) in [5, 5.41) is 12.3. The van der Waals surface area contributed by atoms with Crippen molar-refractivity contribution in [1.82, 2.24) is 0 Å². The first kappa shape index (κ1) is 14.4. The molecule has 106 valence electrons. The number of rotatable bonds is 4. The molecule has 0 aromatic heterocycles. The molecule has 2 rings (SSSR count). The summed E-state index contributed by atoms with van der Waals surface area (Å²) in [6.45, 7) is 2.28. The minimum Gasteiger partial charge on any atom is -0.466 e. The van der Waals surface area contributed by atoms with Crippen LogP contribution in [-0.4, -0.2) is 18.6 Å². The first-order valence-electron chi connectivity index (χ1n) is 7.16. The van der Waals surface area contributed by atoms with Crippen LogP contribution in [0.3, 0.4) is 0 Å². The number of ether oxygens (including phenoxy) is 1. The summed E-state index contributed by atoms with van der Waals surface area (Å²) in [6, 6.07) is 9.85. The molecule has 1 N–H and O–H groups in total. The summed E-state index contributed by atoms with van der Waals surface area (Å²) in [4.78, 5) is 11.8. The number of carbonyl (C=O) groups is 1. The first-order valence-corrected chi connectivity index (χ1v) is 7.16. The number of anilines is 1. The van der Waals surface area contributed by atoms with Gasteiger partial charge in [0.15, 0.2) is 0 Å². The van der Waals surface area contributed by atoms with Crippen LogP contribution in [0.1, 0.15) is 38.2 Å². The molecule has 20 heavy (non-hydrogen) atoms. The number of hydrogen-bond donors (Lipinski definition) is 1. The molecule has 0 radical (unpaired) electrons. The third-order valence-electron chi connectivity index (χ3n) is 3.66. The number of benzene rings is 1. The Morgan fingerprint density at radius 3 is 3.10 bits per heavy atom. The second-order valence-electron chi connectivity index (χ2n) is 5.15. The highest BCUT2D eigenvalue weighted by Gasteiger charge is 2.28. The topological polar surface area (TPSA) is 62.1 Å². The third kappa shape index (κ3) is 3.74. The monoisotopic (exact) mass is 272 g/mol. The fraction of sp³-hybridized carbons (Fsp3) is 0.500. The SMILES string of the molecule is CCOC(=O)C1CCCC(Nc2cccc(C#N)c2)C1. The van der Waals surface area contributed by atoms with Crippen LogP contribution in [-0.2, 0) is 9.53 Å². The molecule has 1 aromatic carbocycles. The zero-order valence-electron chi connectivity index (χ0n) is 11.8. The van der Waals surface area contributed by atoms with E-state index in [1.807, 2.05) is 25.1 Å². The number of carbonyl (C=O) groups excluding carboxylic acids is 1. The van der Waals surface area contributed by atoms with Crippen LogP contribution in [0.5, 0.6) is 0 Å². The summed E-state index contributed by atoms with van der Waals surface area (Å²) in [5.74, 6) is -0.0786. The summed E-state index contributed by atoms with van der Waals surface area (Å²) in [5.41, 5.74) is 1.59. The Balaban J connectivity index is 1.95. The third-order valence-corrected chi connectivity index (χ3v) is 3.66. The van der Waals surface area contributed by atoms with Crippen molar-refractivity contribution >= 4 is 11.7 Å². The molecule has 1 aliphatic rings. The van der Waals surface area contributed by atoms with Gasteiger partial charge >= 0.3 is 5.97 Å². The van der Waals surface area contributed by atoms with Crippen molar-refractivity contribution < 1.29 is 9.53 Å². The molecule has 4 nitrogen and oxygen atoms in total. The van der Waals surface area contributed by atoms with Gasteiger partial charge in [0.2, 0.25) is 0 Å². The van der Waals surface area contributed by atoms with E-state index in [9.17, 15) is 4.79 Å². The molecule has 0 amide bonds. The Morgan fingerprint density at radius 2 is 2.35 bits per heavy atom. The lowest BCUT2D eigenvalue weighted by atomic mass is 9.85. The Labute approximate surface area is 119 Å². The fourth-order valence-electron chi connectivity index (χ4n) is 2.71. The molecule has 0 heterocycles. The molecule has 2 atom stereocenters. The van der Waals surface area contributed by atoms with E-state index >= 15 is 0 Å². The Hall–Kier alpha value is -2.02. The molecule has 0 bridgehead atoms. The molecule has 1 fully saturated rings. The van der Waals surface area contributed by atoms with Crippen molar-refractivity contribution in [3.05, 3.63) is 29.8 Å². The maximum atomic E-state index is 11.8. The minimum absolute atomic E-state index is 0.000324. The van der Waals surface area contributed by atoms with E-state index < -0.39 is 0 Å². The lowest BCUT2D eigenvalue weighted by Crippen LogP contribution is -2.32. The van der Waals surface area contributed by atoms with E-state index in [2.05, 4.69) is 11.4 Å². The average Bonchev–Trinajstić information content (AvgIpc) is 2.48. The smallest absolute Gasteiger partial charge is 0.308 e. The molecule has 1 aromatic rings. The predicted octanol–water partition coefficient (Wildman–Crippen LogP) is 3.09. The molecule has 1 saturated carbocycles. The van der Waals surface area contributed by atoms with Gasteiger partial charge in [-0.05, 0) is 44.4 Å². The summed E-state index contributed by atoms with van der Waals surface area (Å²) < 4.78 is 5.11. The van der Waals surface area contributed by atoms with Crippen molar-refractivity contribution in [2.24, 2.45) is 5.92 Å². The van der Waals surface area contributed by atoms with Crippen LogP contribution < -0.4 is 5.32 Å². The molecule has 0 aliphatic heterocycles. The average molecular weight is 272 g/mol. The maximum Gasteiger partial charge on any atom is 0.308 e. The Bertz CT molecular complexity index is 507. The van der Waals surface area contributed by atoms with Crippen LogP contribution >= 0.6 is 0 Å². The summed E-state index contributed by atoms with van der Waals surface area (Å²) in [6.07, 6.45) is 3.79. The van der Waals surface area contributed by atoms with Crippen molar-refractivity contribution in [2.45, 2.75) is 38.6 Å². The lowest BCUT2D eigenvalue weighted by molar-refractivity contribution is -0.149. The van der Waals surface area contributed by atoms with Crippen molar-refractivity contribution in [1.29, 1.82) is 5.26 Å². The van der Waals surface area contributed by atoms with Gasteiger partial charge in [-0.1, -0.05) is 12.5 Å². The molecule has 4 heteroatoms. The highest BCUT2D eigenvalue weighted by Crippen LogP contribution is 2.27. The zero-order valence-corrected chi connectivity index (χ0v) is 11.8.